The minimum absolute atomic E-state index is 0.00637. The first kappa shape index (κ1) is 13.9. The lowest BCUT2D eigenvalue weighted by atomic mass is 9.90. The van der Waals surface area contributed by atoms with Crippen LogP contribution in [0.25, 0.3) is 0 Å². The zero-order valence-corrected chi connectivity index (χ0v) is 10.1. The molecule has 2 rings (SSSR count). The van der Waals surface area contributed by atoms with Gasteiger partial charge in [0.2, 0.25) is 0 Å². The molecule has 6 heteroatoms. The highest BCUT2D eigenvalue weighted by Crippen LogP contribution is 2.34. The lowest BCUT2D eigenvalue weighted by Crippen LogP contribution is -2.39. The van der Waals surface area contributed by atoms with Gasteiger partial charge < -0.3 is 10.0 Å². The maximum absolute atomic E-state index is 12.4. The number of halogens is 3. The number of hydrogen-bond donors (Lipinski definition) is 1. The fourth-order valence-corrected chi connectivity index (χ4v) is 2.48. The molecule has 1 fully saturated rings. The molecule has 1 saturated heterocycles. The monoisotopic (exact) mass is 273 g/mol. The fraction of sp³-hybridized carbons (Fsp3) is 0.462. The molecule has 1 N–H and O–H groups in total. The van der Waals surface area contributed by atoms with Crippen LogP contribution in [0.2, 0.25) is 0 Å². The number of aliphatic hydroxyl groups excluding tert-OH is 1. The number of likely N-dealkylation sites (tertiary alicyclic amines) is 1. The summed E-state index contributed by atoms with van der Waals surface area (Å²) in [6.07, 6.45) is -4.86. The summed E-state index contributed by atoms with van der Waals surface area (Å²) in [5, 5.41) is 9.28. The van der Waals surface area contributed by atoms with Crippen molar-refractivity contribution in [3.05, 3.63) is 35.9 Å². The molecule has 0 aromatic heterocycles. The number of alkyl halides is 3. The molecule has 0 spiro atoms. The summed E-state index contributed by atoms with van der Waals surface area (Å²) in [6.45, 7) is -0.302. The van der Waals surface area contributed by atoms with Gasteiger partial charge in [-0.05, 0) is 5.56 Å². The van der Waals surface area contributed by atoms with E-state index in [4.69, 9.17) is 0 Å². The first-order valence-electron chi connectivity index (χ1n) is 5.95. The maximum Gasteiger partial charge on any atom is 0.471 e. The molecule has 1 amide bonds. The van der Waals surface area contributed by atoms with Crippen molar-refractivity contribution < 1.29 is 23.1 Å². The Labute approximate surface area is 108 Å². The van der Waals surface area contributed by atoms with Gasteiger partial charge in [-0.2, -0.15) is 13.2 Å². The predicted molar refractivity (Wildman–Crippen MR) is 62.4 cm³/mol. The van der Waals surface area contributed by atoms with E-state index in [1.165, 1.54) is 0 Å². The number of amides is 1. The molecule has 1 heterocycles. The average Bonchev–Trinajstić information content (AvgIpc) is 2.81. The molecule has 1 aliphatic heterocycles. The van der Waals surface area contributed by atoms with E-state index >= 15 is 0 Å². The quantitative estimate of drug-likeness (QED) is 0.892. The third kappa shape index (κ3) is 2.89. The Morgan fingerprint density at radius 1 is 1.26 bits per heavy atom. The second-order valence-corrected chi connectivity index (χ2v) is 4.67. The van der Waals surface area contributed by atoms with E-state index in [2.05, 4.69) is 0 Å². The summed E-state index contributed by atoms with van der Waals surface area (Å²) in [6, 6.07) is 8.99. The van der Waals surface area contributed by atoms with Crippen molar-refractivity contribution in [2.24, 2.45) is 5.92 Å². The van der Waals surface area contributed by atoms with Crippen LogP contribution in [-0.4, -0.2) is 41.8 Å². The van der Waals surface area contributed by atoms with Crippen molar-refractivity contribution in [3.8, 4) is 0 Å². The Hall–Kier alpha value is -1.56. The van der Waals surface area contributed by atoms with Crippen LogP contribution in [0.5, 0.6) is 0 Å². The lowest BCUT2D eigenvalue weighted by Gasteiger charge is -2.18. The number of carbonyl (C=O) groups excluding carboxylic acids is 1. The zero-order chi connectivity index (χ0) is 14.0. The van der Waals surface area contributed by atoms with Crippen LogP contribution >= 0.6 is 0 Å². The van der Waals surface area contributed by atoms with Gasteiger partial charge in [-0.1, -0.05) is 30.3 Å². The molecule has 104 valence electrons. The van der Waals surface area contributed by atoms with Crippen molar-refractivity contribution in [1.82, 2.24) is 4.90 Å². The largest absolute Gasteiger partial charge is 0.471 e. The van der Waals surface area contributed by atoms with Crippen LogP contribution < -0.4 is 0 Å². The molecule has 2 atom stereocenters. The van der Waals surface area contributed by atoms with Crippen molar-refractivity contribution in [1.29, 1.82) is 0 Å². The van der Waals surface area contributed by atoms with Gasteiger partial charge in [0, 0.05) is 31.5 Å². The molecule has 0 saturated carbocycles. The predicted octanol–water partition coefficient (Wildman–Crippen LogP) is 1.78. The van der Waals surface area contributed by atoms with Crippen LogP contribution in [0.4, 0.5) is 13.2 Å². The van der Waals surface area contributed by atoms with Gasteiger partial charge in [-0.25, -0.2) is 0 Å². The van der Waals surface area contributed by atoms with E-state index in [0.717, 1.165) is 10.5 Å². The number of carbonyl (C=O) groups is 1. The van der Waals surface area contributed by atoms with E-state index in [0.29, 0.717) is 0 Å². The molecule has 3 nitrogen and oxygen atoms in total. The average molecular weight is 273 g/mol. The Balaban J connectivity index is 2.17. The van der Waals surface area contributed by atoms with Gasteiger partial charge in [0.1, 0.15) is 0 Å². The van der Waals surface area contributed by atoms with Crippen LogP contribution in [-0.2, 0) is 4.79 Å². The summed E-state index contributed by atoms with van der Waals surface area (Å²) in [5.74, 6) is -2.43. The molecule has 2 unspecified atom stereocenters. The molecule has 0 radical (unpaired) electrons. The van der Waals surface area contributed by atoms with Gasteiger partial charge in [0.05, 0.1) is 0 Å². The van der Waals surface area contributed by atoms with Crippen LogP contribution in [0, 0.1) is 5.92 Å². The van der Waals surface area contributed by atoms with Gasteiger partial charge in [0.15, 0.2) is 0 Å². The van der Waals surface area contributed by atoms with Crippen LogP contribution in [0.15, 0.2) is 30.3 Å². The Kier molecular flexibility index (Phi) is 3.80. The topological polar surface area (TPSA) is 40.5 Å². The number of aliphatic hydroxyl groups is 1. The van der Waals surface area contributed by atoms with E-state index in [-0.39, 0.29) is 31.5 Å². The third-order valence-corrected chi connectivity index (χ3v) is 3.43. The van der Waals surface area contributed by atoms with E-state index < -0.39 is 12.1 Å². The minimum Gasteiger partial charge on any atom is -0.396 e. The molecule has 0 aliphatic carbocycles. The first-order chi connectivity index (χ1) is 8.93. The molecule has 19 heavy (non-hydrogen) atoms. The van der Waals surface area contributed by atoms with Crippen molar-refractivity contribution in [2.45, 2.75) is 12.1 Å². The minimum atomic E-state index is -4.86. The molecular weight excluding hydrogens is 259 g/mol. The summed E-state index contributed by atoms with van der Waals surface area (Å²) in [7, 11) is 0. The normalized spacial score (nSPS) is 23.7. The highest BCUT2D eigenvalue weighted by Gasteiger charge is 2.47. The molecule has 1 aliphatic rings. The number of hydrogen-bond acceptors (Lipinski definition) is 2. The van der Waals surface area contributed by atoms with Crippen LogP contribution in [0.3, 0.4) is 0 Å². The molecule has 0 bridgehead atoms. The third-order valence-electron chi connectivity index (χ3n) is 3.43. The summed E-state index contributed by atoms with van der Waals surface area (Å²) >= 11 is 0. The SMILES string of the molecule is O=C(N1CC(CO)C(c2ccccc2)C1)C(F)(F)F. The Bertz CT molecular complexity index is 447. The van der Waals surface area contributed by atoms with Crippen molar-refractivity contribution in [3.63, 3.8) is 0 Å². The number of rotatable bonds is 2. The summed E-state index contributed by atoms with van der Waals surface area (Å²) < 4.78 is 37.2. The van der Waals surface area contributed by atoms with Crippen molar-refractivity contribution in [2.75, 3.05) is 19.7 Å². The highest BCUT2D eigenvalue weighted by atomic mass is 19.4. The summed E-state index contributed by atoms with van der Waals surface area (Å²) in [5.41, 5.74) is 0.846. The van der Waals surface area contributed by atoms with Gasteiger partial charge >= 0.3 is 12.1 Å². The maximum atomic E-state index is 12.4. The van der Waals surface area contributed by atoms with E-state index in [1.54, 1.807) is 24.3 Å². The Morgan fingerprint density at radius 3 is 2.42 bits per heavy atom. The van der Waals surface area contributed by atoms with E-state index in [1.807, 2.05) is 6.07 Å². The zero-order valence-electron chi connectivity index (χ0n) is 10.1. The second kappa shape index (κ2) is 5.21. The van der Waals surface area contributed by atoms with E-state index in [9.17, 15) is 23.1 Å². The Morgan fingerprint density at radius 2 is 1.89 bits per heavy atom. The smallest absolute Gasteiger partial charge is 0.396 e. The van der Waals surface area contributed by atoms with Gasteiger partial charge in [0.25, 0.3) is 0 Å². The number of nitrogens with zero attached hydrogens (tertiary/aromatic N) is 1. The highest BCUT2D eigenvalue weighted by molar-refractivity contribution is 5.82. The van der Waals surface area contributed by atoms with Crippen LogP contribution in [0.1, 0.15) is 11.5 Å². The van der Waals surface area contributed by atoms with Gasteiger partial charge in [-0.15, -0.1) is 0 Å². The number of benzene rings is 1. The lowest BCUT2D eigenvalue weighted by molar-refractivity contribution is -0.184. The van der Waals surface area contributed by atoms with Gasteiger partial charge in [-0.3, -0.25) is 4.79 Å². The first-order valence-corrected chi connectivity index (χ1v) is 5.95. The second-order valence-electron chi connectivity index (χ2n) is 4.67. The molecule has 1 aromatic rings. The molecular formula is C13H14F3NO2. The summed E-state index contributed by atoms with van der Waals surface area (Å²) in [4.78, 5) is 12.0. The fourth-order valence-electron chi connectivity index (χ4n) is 2.48. The standard InChI is InChI=1S/C13H14F3NO2/c14-13(15,16)12(19)17-6-10(8-18)11(7-17)9-4-2-1-3-5-9/h1-5,10-11,18H,6-8H2. The molecule has 1 aromatic carbocycles. The van der Waals surface area contributed by atoms with Crippen molar-refractivity contribution >= 4 is 5.91 Å².